The van der Waals surface area contributed by atoms with E-state index in [4.69, 9.17) is 17.0 Å². The van der Waals surface area contributed by atoms with Crippen LogP contribution in [-0.4, -0.2) is 53.1 Å². The highest BCUT2D eigenvalue weighted by Crippen LogP contribution is 2.46. The molecule has 7 nitrogen and oxygen atoms in total. The van der Waals surface area contributed by atoms with E-state index in [1.54, 1.807) is 40.3 Å². The Hall–Kier alpha value is -3.08. The Morgan fingerprint density at radius 2 is 1.77 bits per heavy atom. The lowest BCUT2D eigenvalue weighted by Crippen LogP contribution is -2.36. The Bertz CT molecular complexity index is 1530. The zero-order valence-electron chi connectivity index (χ0n) is 19.8. The van der Waals surface area contributed by atoms with E-state index in [9.17, 15) is 9.59 Å². The van der Waals surface area contributed by atoms with E-state index in [0.717, 1.165) is 26.9 Å². The summed E-state index contributed by atoms with van der Waals surface area (Å²) >= 11 is 8.41. The second-order valence-corrected chi connectivity index (χ2v) is 10.5. The standard InChI is InChI=1S/C25H24N4O3S3/c1-5-28-21(30)19(27(3)25(28)33)23-29(14-15-9-7-6-8-10-15)22(31)20(35-23)24-26(2)17-13-16(32-4)11-12-18(17)34-24/h6-13H,5,14H2,1-4H3/b23-19+,24-20-. The minimum absolute atomic E-state index is 0.127. The first-order valence-electron chi connectivity index (χ1n) is 11.1. The average molecular weight is 525 g/mol. The van der Waals surface area contributed by atoms with Gasteiger partial charge in [0.2, 0.25) is 0 Å². The summed E-state index contributed by atoms with van der Waals surface area (Å²) in [6, 6.07) is 15.7. The van der Waals surface area contributed by atoms with Crippen LogP contribution < -0.4 is 24.4 Å². The van der Waals surface area contributed by atoms with Crippen LogP contribution in [0.5, 0.6) is 5.75 Å². The third-order valence-electron chi connectivity index (χ3n) is 6.12. The molecule has 1 fully saturated rings. The van der Waals surface area contributed by atoms with Crippen LogP contribution >= 0.6 is 35.3 Å². The lowest BCUT2D eigenvalue weighted by Gasteiger charge is -2.13. The summed E-state index contributed by atoms with van der Waals surface area (Å²) in [4.78, 5) is 33.6. The number of thiazole rings is 1. The summed E-state index contributed by atoms with van der Waals surface area (Å²) in [7, 11) is 5.37. The number of hydrogen-bond donors (Lipinski definition) is 0. The molecule has 0 unspecified atom stereocenters. The van der Waals surface area contributed by atoms with Crippen molar-refractivity contribution in [3.05, 3.63) is 73.6 Å². The van der Waals surface area contributed by atoms with Crippen LogP contribution in [0.4, 0.5) is 5.69 Å². The van der Waals surface area contributed by atoms with Gasteiger partial charge < -0.3 is 14.5 Å². The number of aromatic nitrogens is 1. The maximum Gasteiger partial charge on any atom is 0.279 e. The summed E-state index contributed by atoms with van der Waals surface area (Å²) in [5.41, 5.74) is 2.27. The number of thioether (sulfide) groups is 1. The first-order valence-corrected chi connectivity index (χ1v) is 13.1. The molecule has 5 rings (SSSR count). The smallest absolute Gasteiger partial charge is 0.279 e. The Morgan fingerprint density at radius 1 is 1.03 bits per heavy atom. The monoisotopic (exact) mass is 524 g/mol. The third-order valence-corrected chi connectivity index (χ3v) is 9.16. The molecule has 3 aromatic rings. The van der Waals surface area contributed by atoms with Gasteiger partial charge >= 0.3 is 0 Å². The zero-order chi connectivity index (χ0) is 24.9. The van der Waals surface area contributed by atoms with E-state index < -0.39 is 0 Å². The van der Waals surface area contributed by atoms with Crippen molar-refractivity contribution in [1.29, 1.82) is 0 Å². The fourth-order valence-electron chi connectivity index (χ4n) is 4.23. The number of thiocarbonyl (C=S) groups is 1. The Balaban J connectivity index is 1.78. The molecule has 2 aliphatic heterocycles. The van der Waals surface area contributed by atoms with Crippen molar-refractivity contribution in [3.8, 4) is 5.75 Å². The number of hydrogen-bond acceptors (Lipinski definition) is 7. The number of fused-ring (bicyclic) bond motifs is 1. The predicted molar refractivity (Wildman–Crippen MR) is 145 cm³/mol. The van der Waals surface area contributed by atoms with Crippen LogP contribution in [0.15, 0.2) is 58.2 Å². The molecule has 0 atom stereocenters. The summed E-state index contributed by atoms with van der Waals surface area (Å²) < 4.78 is 8.29. The lowest BCUT2D eigenvalue weighted by atomic mass is 10.2. The second-order valence-electron chi connectivity index (χ2n) is 8.15. The van der Waals surface area contributed by atoms with Crippen molar-refractivity contribution in [2.24, 2.45) is 0 Å². The van der Waals surface area contributed by atoms with Gasteiger partial charge in [0.1, 0.15) is 25.7 Å². The second kappa shape index (κ2) is 9.18. The SMILES string of the molecule is CCN1C(=O)/C(=c2\s/c(=C3\Sc4ccc(OC)cc4N3C)c(=O)n2Cc2ccccc2)N(C)C1=S. The largest absolute Gasteiger partial charge is 0.497 e. The number of anilines is 1. The van der Waals surface area contributed by atoms with Gasteiger partial charge in [0.15, 0.2) is 5.11 Å². The molecule has 0 saturated carbocycles. The quantitative estimate of drug-likeness (QED) is 0.486. The van der Waals surface area contributed by atoms with Gasteiger partial charge in [0.25, 0.3) is 11.5 Å². The predicted octanol–water partition coefficient (Wildman–Crippen LogP) is 2.46. The first kappa shape index (κ1) is 23.7. The number of nitrogens with zero attached hydrogens (tertiary/aromatic N) is 4. The van der Waals surface area contributed by atoms with Gasteiger partial charge in [-0.2, -0.15) is 0 Å². The zero-order valence-corrected chi connectivity index (χ0v) is 22.2. The summed E-state index contributed by atoms with van der Waals surface area (Å²) in [5.74, 6) is 0.577. The highest BCUT2D eigenvalue weighted by molar-refractivity contribution is 8.08. The normalized spacial score (nSPS) is 18.6. The van der Waals surface area contributed by atoms with Crippen LogP contribution in [0.2, 0.25) is 0 Å². The third kappa shape index (κ3) is 3.85. The van der Waals surface area contributed by atoms with Gasteiger partial charge in [-0.25, -0.2) is 0 Å². The molecular weight excluding hydrogens is 501 g/mol. The summed E-state index contributed by atoms with van der Waals surface area (Å²) in [5, 5.41) is 1.28. The molecule has 0 radical (unpaired) electrons. The Kier molecular flexibility index (Phi) is 6.20. The van der Waals surface area contributed by atoms with Crippen LogP contribution in [-0.2, 0) is 11.3 Å². The van der Waals surface area contributed by atoms with Crippen LogP contribution in [0.3, 0.4) is 0 Å². The van der Waals surface area contributed by atoms with Gasteiger partial charge in [-0.3, -0.25) is 19.1 Å². The Labute approximate surface area is 216 Å². The topological polar surface area (TPSA) is 58.0 Å². The molecule has 0 aliphatic carbocycles. The highest BCUT2D eigenvalue weighted by atomic mass is 32.2. The molecule has 10 heteroatoms. The minimum Gasteiger partial charge on any atom is -0.497 e. The van der Waals surface area contributed by atoms with E-state index >= 15 is 0 Å². The molecule has 2 aromatic carbocycles. The number of likely N-dealkylation sites (N-methyl/N-ethyl adjacent to an activating group) is 2. The van der Waals surface area contributed by atoms with Gasteiger partial charge in [0, 0.05) is 31.6 Å². The summed E-state index contributed by atoms with van der Waals surface area (Å²) in [6.07, 6.45) is 0. The number of ether oxygens (including phenoxy) is 1. The fraction of sp³-hybridized carbons (Fsp3) is 0.240. The molecule has 1 amide bonds. The summed E-state index contributed by atoms with van der Waals surface area (Å²) in [6.45, 7) is 2.72. The van der Waals surface area contributed by atoms with Crippen LogP contribution in [0, 0.1) is 0 Å². The number of methoxy groups -OCH3 is 1. The van der Waals surface area contributed by atoms with Gasteiger partial charge in [-0.15, -0.1) is 11.3 Å². The molecule has 1 aromatic heterocycles. The Morgan fingerprint density at radius 3 is 2.43 bits per heavy atom. The maximum atomic E-state index is 13.9. The van der Waals surface area contributed by atoms with Crippen LogP contribution in [0.1, 0.15) is 12.5 Å². The van der Waals surface area contributed by atoms with E-state index in [1.165, 1.54) is 11.3 Å². The number of benzene rings is 2. The maximum absolute atomic E-state index is 13.9. The molecule has 35 heavy (non-hydrogen) atoms. The van der Waals surface area contributed by atoms with Gasteiger partial charge in [-0.1, -0.05) is 42.1 Å². The molecule has 0 bridgehead atoms. The molecule has 2 aliphatic rings. The van der Waals surface area contributed by atoms with Gasteiger partial charge in [0.05, 0.1) is 19.3 Å². The van der Waals surface area contributed by atoms with Gasteiger partial charge in [-0.05, 0) is 36.8 Å². The first-order chi connectivity index (χ1) is 16.8. The van der Waals surface area contributed by atoms with E-state index in [0.29, 0.717) is 33.1 Å². The number of carbonyl (C=O) groups excluding carboxylic acids is 1. The van der Waals surface area contributed by atoms with Crippen molar-refractivity contribution in [2.75, 3.05) is 32.6 Å². The minimum atomic E-state index is -0.180. The molecule has 3 heterocycles. The van der Waals surface area contributed by atoms with E-state index in [1.807, 2.05) is 67.4 Å². The number of carbonyl (C=O) groups is 1. The van der Waals surface area contributed by atoms with Crippen molar-refractivity contribution in [2.45, 2.75) is 18.4 Å². The van der Waals surface area contributed by atoms with Crippen molar-refractivity contribution >= 4 is 62.7 Å². The molecular formula is C25H24N4O3S3. The molecule has 0 N–H and O–H groups in total. The molecule has 1 saturated heterocycles. The van der Waals surface area contributed by atoms with Crippen molar-refractivity contribution < 1.29 is 9.53 Å². The average Bonchev–Trinajstić information content (AvgIpc) is 3.43. The van der Waals surface area contributed by atoms with Crippen molar-refractivity contribution in [1.82, 2.24) is 14.4 Å². The van der Waals surface area contributed by atoms with E-state index in [-0.39, 0.29) is 11.5 Å². The lowest BCUT2D eigenvalue weighted by molar-refractivity contribution is -0.120. The van der Waals surface area contributed by atoms with Crippen molar-refractivity contribution in [3.63, 3.8) is 0 Å². The number of rotatable bonds is 4. The number of amides is 1. The van der Waals surface area contributed by atoms with Crippen LogP contribution in [0.25, 0.3) is 10.7 Å². The fourth-order valence-corrected chi connectivity index (χ4v) is 7.04. The van der Waals surface area contributed by atoms with E-state index in [2.05, 4.69) is 0 Å². The molecule has 180 valence electrons. The highest BCUT2D eigenvalue weighted by Gasteiger charge is 2.37. The molecule has 0 spiro atoms.